The lowest BCUT2D eigenvalue weighted by atomic mass is 10.1. The fraction of sp³-hybridized carbons (Fsp3) is 0.824. The smallest absolute Gasteiger partial charge is 0.407 e. The molecule has 0 rings (SSSR count). The maximum absolute atomic E-state index is 11.5. The maximum atomic E-state index is 11.5. The molecule has 1 unspecified atom stereocenters. The van der Waals surface area contributed by atoms with Gasteiger partial charge in [0.15, 0.2) is 0 Å². The summed E-state index contributed by atoms with van der Waals surface area (Å²) < 4.78 is 10.5. The van der Waals surface area contributed by atoms with Crippen molar-refractivity contribution in [2.45, 2.75) is 72.3 Å². The summed E-state index contributed by atoms with van der Waals surface area (Å²) in [6.07, 6.45) is 7.82. The number of hydrogen-bond donors (Lipinski definition) is 1. The van der Waals surface area contributed by atoms with E-state index in [0.717, 1.165) is 19.3 Å². The molecule has 1 N–H and O–H groups in total. The van der Waals surface area contributed by atoms with Gasteiger partial charge in [0, 0.05) is 7.97 Å². The van der Waals surface area contributed by atoms with Crippen molar-refractivity contribution in [2.24, 2.45) is 0 Å². The zero-order valence-electron chi connectivity index (χ0n) is 14.5. The quantitative estimate of drug-likeness (QED) is 0.410. The Kier molecular flexibility index (Phi) is 20.1. The molecular formula is C17H37NO3. The van der Waals surface area contributed by atoms with E-state index >= 15 is 0 Å². The summed E-state index contributed by atoms with van der Waals surface area (Å²) in [6, 6.07) is 0. The normalized spacial score (nSPS) is 11.0. The van der Waals surface area contributed by atoms with E-state index in [1.165, 1.54) is 19.3 Å². The number of amides is 1. The molecule has 0 aliphatic heterocycles. The lowest BCUT2D eigenvalue weighted by Gasteiger charge is -2.16. The topological polar surface area (TPSA) is 47.6 Å². The van der Waals surface area contributed by atoms with Gasteiger partial charge in [-0.3, -0.25) is 0 Å². The van der Waals surface area contributed by atoms with Crippen LogP contribution in [-0.4, -0.2) is 32.0 Å². The number of carbonyl (C=O) groups is 1. The van der Waals surface area contributed by atoms with Crippen molar-refractivity contribution < 1.29 is 15.7 Å². The molecule has 0 heterocycles. The van der Waals surface area contributed by atoms with Gasteiger partial charge < -0.3 is 14.8 Å². The molecule has 0 aromatic rings. The van der Waals surface area contributed by atoms with Crippen LogP contribution in [0.4, 0.5) is 4.79 Å². The van der Waals surface area contributed by atoms with Crippen LogP contribution in [0.5, 0.6) is 0 Å². The third-order valence-electron chi connectivity index (χ3n) is 2.82. The van der Waals surface area contributed by atoms with Gasteiger partial charge in [-0.05, 0) is 12.8 Å². The summed E-state index contributed by atoms with van der Waals surface area (Å²) in [6.45, 7) is 13.3. The van der Waals surface area contributed by atoms with Crippen LogP contribution in [0.2, 0.25) is 0 Å². The molecule has 21 heavy (non-hydrogen) atoms. The molecular weight excluding hydrogens is 266 g/mol. The number of unbranched alkanes of at least 4 members (excludes halogenated alkanes) is 4. The van der Waals surface area contributed by atoms with Gasteiger partial charge in [0.1, 0.15) is 6.10 Å². The standard InChI is InChI=1S/C15H29NO3.C2H6.H2/c1-4-7-8-9-10-11-16-15(17)19-14(6-3)13-18-12-5-2;1-2;/h5,14H,2,4,6-13H2,1,3H3,(H,16,17);1-2H3;1H. The first kappa shape index (κ1) is 22.3. The van der Waals surface area contributed by atoms with Crippen molar-refractivity contribution >= 4 is 6.09 Å². The van der Waals surface area contributed by atoms with Gasteiger partial charge in [-0.25, -0.2) is 4.79 Å². The first-order chi connectivity index (χ1) is 10.2. The van der Waals surface area contributed by atoms with E-state index in [4.69, 9.17) is 9.47 Å². The van der Waals surface area contributed by atoms with Crippen molar-refractivity contribution in [3.05, 3.63) is 12.7 Å². The van der Waals surface area contributed by atoms with Crippen molar-refractivity contribution in [2.75, 3.05) is 19.8 Å². The first-order valence-electron chi connectivity index (χ1n) is 8.37. The van der Waals surface area contributed by atoms with E-state index in [2.05, 4.69) is 18.8 Å². The second-order valence-electron chi connectivity index (χ2n) is 4.60. The van der Waals surface area contributed by atoms with Crippen molar-refractivity contribution in [3.8, 4) is 0 Å². The second-order valence-corrected chi connectivity index (χ2v) is 4.60. The van der Waals surface area contributed by atoms with E-state index in [9.17, 15) is 4.79 Å². The Labute approximate surface area is 132 Å². The number of carbonyl (C=O) groups excluding carboxylic acids is 1. The lowest BCUT2D eigenvalue weighted by molar-refractivity contribution is 0.0271. The second kappa shape index (κ2) is 19.0. The molecule has 1 atom stereocenters. The monoisotopic (exact) mass is 303 g/mol. The average Bonchev–Trinajstić information content (AvgIpc) is 2.52. The molecule has 128 valence electrons. The molecule has 0 aliphatic carbocycles. The summed E-state index contributed by atoms with van der Waals surface area (Å²) in [5.41, 5.74) is 0. The molecule has 0 saturated carbocycles. The Hall–Kier alpha value is -1.03. The Morgan fingerprint density at radius 1 is 1.24 bits per heavy atom. The Balaban J connectivity index is -0.00000115. The first-order valence-corrected chi connectivity index (χ1v) is 8.37. The van der Waals surface area contributed by atoms with Gasteiger partial charge >= 0.3 is 6.09 Å². The van der Waals surface area contributed by atoms with Crippen molar-refractivity contribution in [1.29, 1.82) is 0 Å². The maximum Gasteiger partial charge on any atom is 0.407 e. The van der Waals surface area contributed by atoms with Crippen LogP contribution >= 0.6 is 0 Å². The molecule has 0 fully saturated rings. The lowest BCUT2D eigenvalue weighted by Crippen LogP contribution is -2.31. The van der Waals surface area contributed by atoms with Crippen LogP contribution in [0, 0.1) is 0 Å². The number of nitrogens with one attached hydrogen (secondary N) is 1. The number of ether oxygens (including phenoxy) is 2. The summed E-state index contributed by atoms with van der Waals surface area (Å²) in [4.78, 5) is 11.5. The number of alkyl carbamates (subject to hydrolysis) is 1. The molecule has 0 radical (unpaired) electrons. The van der Waals surface area contributed by atoms with E-state index < -0.39 is 0 Å². The van der Waals surface area contributed by atoms with E-state index in [-0.39, 0.29) is 13.6 Å². The molecule has 0 aromatic heterocycles. The van der Waals surface area contributed by atoms with Crippen LogP contribution in [-0.2, 0) is 9.47 Å². The highest BCUT2D eigenvalue weighted by Gasteiger charge is 2.11. The van der Waals surface area contributed by atoms with Crippen LogP contribution in [0.3, 0.4) is 0 Å². The van der Waals surface area contributed by atoms with E-state index in [1.807, 2.05) is 20.8 Å². The van der Waals surface area contributed by atoms with Crippen LogP contribution in [0.25, 0.3) is 0 Å². The van der Waals surface area contributed by atoms with Gasteiger partial charge in [0.05, 0.1) is 13.2 Å². The highest BCUT2D eigenvalue weighted by atomic mass is 16.6. The zero-order valence-corrected chi connectivity index (χ0v) is 14.5. The van der Waals surface area contributed by atoms with Gasteiger partial charge in [-0.1, -0.05) is 59.5 Å². The van der Waals surface area contributed by atoms with E-state index in [1.54, 1.807) is 6.08 Å². The Morgan fingerprint density at radius 2 is 1.90 bits per heavy atom. The van der Waals surface area contributed by atoms with E-state index in [0.29, 0.717) is 19.8 Å². The molecule has 0 bridgehead atoms. The third-order valence-corrected chi connectivity index (χ3v) is 2.82. The van der Waals surface area contributed by atoms with Crippen LogP contribution in [0.15, 0.2) is 12.7 Å². The highest BCUT2D eigenvalue weighted by Crippen LogP contribution is 2.02. The van der Waals surface area contributed by atoms with Gasteiger partial charge in [0.2, 0.25) is 0 Å². The highest BCUT2D eigenvalue weighted by molar-refractivity contribution is 5.67. The largest absolute Gasteiger partial charge is 0.444 e. The zero-order chi connectivity index (χ0) is 16.3. The predicted molar refractivity (Wildman–Crippen MR) is 91.8 cm³/mol. The summed E-state index contributed by atoms with van der Waals surface area (Å²) in [5.74, 6) is 0. The SMILES string of the molecule is C=CCOCC(CC)OC(=O)NCCCCCCC.CC.[HH]. The predicted octanol–water partition coefficient (Wildman–Crippen LogP) is 4.94. The third kappa shape index (κ3) is 16.9. The Bertz CT molecular complexity index is 238. The minimum atomic E-state index is -0.343. The van der Waals surface area contributed by atoms with Crippen LogP contribution < -0.4 is 5.32 Å². The molecule has 4 heteroatoms. The molecule has 0 aromatic carbocycles. The molecule has 0 aliphatic rings. The Morgan fingerprint density at radius 3 is 2.48 bits per heavy atom. The molecule has 0 saturated heterocycles. The minimum Gasteiger partial charge on any atom is -0.444 e. The average molecular weight is 303 g/mol. The molecule has 1 amide bonds. The fourth-order valence-corrected chi connectivity index (χ4v) is 1.63. The molecule has 4 nitrogen and oxygen atoms in total. The van der Waals surface area contributed by atoms with Gasteiger partial charge in [0.25, 0.3) is 0 Å². The van der Waals surface area contributed by atoms with Crippen molar-refractivity contribution in [1.82, 2.24) is 5.32 Å². The van der Waals surface area contributed by atoms with Gasteiger partial charge in [-0.2, -0.15) is 0 Å². The summed E-state index contributed by atoms with van der Waals surface area (Å²) in [5, 5.41) is 2.78. The summed E-state index contributed by atoms with van der Waals surface area (Å²) >= 11 is 0. The van der Waals surface area contributed by atoms with Crippen molar-refractivity contribution in [3.63, 3.8) is 0 Å². The fourth-order valence-electron chi connectivity index (χ4n) is 1.63. The van der Waals surface area contributed by atoms with Gasteiger partial charge in [-0.15, -0.1) is 6.58 Å². The molecule has 0 spiro atoms. The summed E-state index contributed by atoms with van der Waals surface area (Å²) in [7, 11) is 0. The minimum absolute atomic E-state index is 0. The van der Waals surface area contributed by atoms with Crippen LogP contribution in [0.1, 0.15) is 67.6 Å². The number of rotatable bonds is 12. The number of hydrogen-bond acceptors (Lipinski definition) is 3.